The van der Waals surface area contributed by atoms with E-state index in [0.29, 0.717) is 12.8 Å². The Bertz CT molecular complexity index is 733. The molecule has 0 spiro atoms. The van der Waals surface area contributed by atoms with Gasteiger partial charge in [0.1, 0.15) is 11.6 Å². The zero-order chi connectivity index (χ0) is 13.9. The van der Waals surface area contributed by atoms with Crippen LogP contribution in [0.4, 0.5) is 10.1 Å². The molecule has 0 fully saturated rings. The maximum Gasteiger partial charge on any atom is 0.126 e. The minimum Gasteiger partial charge on any atom is -0.387 e. The standard InChI is InChI=1S/C16H16FN3/c1-18-13-7-8-14-10-19-16(20(14)11-13)9-6-12-4-2-3-5-15(12)17/h2-5,7-8,10-11,18H,6,9H2,1H3. The topological polar surface area (TPSA) is 29.3 Å². The smallest absolute Gasteiger partial charge is 0.126 e. The van der Waals surface area contributed by atoms with Gasteiger partial charge in [-0.1, -0.05) is 18.2 Å². The number of rotatable bonds is 4. The Labute approximate surface area is 117 Å². The molecule has 0 saturated heterocycles. The molecule has 102 valence electrons. The highest BCUT2D eigenvalue weighted by molar-refractivity contribution is 5.53. The largest absolute Gasteiger partial charge is 0.387 e. The SMILES string of the molecule is CNc1ccc2cnc(CCc3ccccc3F)n2c1. The fourth-order valence-corrected chi connectivity index (χ4v) is 2.32. The molecule has 2 aromatic heterocycles. The number of halogens is 1. The Hall–Kier alpha value is -2.36. The Balaban J connectivity index is 1.86. The van der Waals surface area contributed by atoms with Crippen LogP contribution in [-0.4, -0.2) is 16.4 Å². The first kappa shape index (κ1) is 12.7. The molecule has 0 aliphatic rings. The zero-order valence-electron chi connectivity index (χ0n) is 11.3. The van der Waals surface area contributed by atoms with Crippen molar-refractivity contribution in [2.45, 2.75) is 12.8 Å². The number of imidazole rings is 1. The normalized spacial score (nSPS) is 10.9. The minimum atomic E-state index is -0.149. The lowest BCUT2D eigenvalue weighted by atomic mass is 10.1. The lowest BCUT2D eigenvalue weighted by molar-refractivity contribution is 0.607. The monoisotopic (exact) mass is 269 g/mol. The molecule has 3 rings (SSSR count). The summed E-state index contributed by atoms with van der Waals surface area (Å²) in [6, 6.07) is 10.9. The van der Waals surface area contributed by atoms with E-state index in [1.165, 1.54) is 6.07 Å². The van der Waals surface area contributed by atoms with Gasteiger partial charge in [-0.15, -0.1) is 0 Å². The average molecular weight is 269 g/mol. The second-order valence-corrected chi connectivity index (χ2v) is 4.73. The predicted octanol–water partition coefficient (Wildman–Crippen LogP) is 3.30. The van der Waals surface area contributed by atoms with Gasteiger partial charge in [-0.2, -0.15) is 0 Å². The zero-order valence-corrected chi connectivity index (χ0v) is 11.3. The van der Waals surface area contributed by atoms with Crippen molar-refractivity contribution >= 4 is 11.2 Å². The molecule has 3 nitrogen and oxygen atoms in total. The Morgan fingerprint density at radius 1 is 1.15 bits per heavy atom. The van der Waals surface area contributed by atoms with Crippen molar-refractivity contribution < 1.29 is 4.39 Å². The van der Waals surface area contributed by atoms with E-state index in [1.807, 2.05) is 48.1 Å². The summed E-state index contributed by atoms with van der Waals surface area (Å²) >= 11 is 0. The van der Waals surface area contributed by atoms with Crippen LogP contribution in [0.2, 0.25) is 0 Å². The number of anilines is 1. The van der Waals surface area contributed by atoms with Crippen LogP contribution in [0.3, 0.4) is 0 Å². The van der Waals surface area contributed by atoms with E-state index >= 15 is 0 Å². The molecule has 2 heterocycles. The van der Waals surface area contributed by atoms with Crippen molar-refractivity contribution in [3.8, 4) is 0 Å². The Morgan fingerprint density at radius 3 is 2.80 bits per heavy atom. The molecule has 1 aromatic carbocycles. The second kappa shape index (κ2) is 5.33. The highest BCUT2D eigenvalue weighted by Crippen LogP contribution is 2.15. The first-order chi connectivity index (χ1) is 9.78. The summed E-state index contributed by atoms with van der Waals surface area (Å²) in [4.78, 5) is 4.43. The number of aryl methyl sites for hydroxylation is 2. The first-order valence-electron chi connectivity index (χ1n) is 6.65. The van der Waals surface area contributed by atoms with Gasteiger partial charge in [0, 0.05) is 19.7 Å². The quantitative estimate of drug-likeness (QED) is 0.787. The molecule has 4 heteroatoms. The average Bonchev–Trinajstić information content (AvgIpc) is 2.88. The van der Waals surface area contributed by atoms with Gasteiger partial charge < -0.3 is 9.72 Å². The van der Waals surface area contributed by atoms with Crippen molar-refractivity contribution in [1.29, 1.82) is 0 Å². The van der Waals surface area contributed by atoms with Crippen molar-refractivity contribution in [1.82, 2.24) is 9.38 Å². The summed E-state index contributed by atoms with van der Waals surface area (Å²) in [5.74, 6) is 0.796. The third-order valence-electron chi connectivity index (χ3n) is 3.47. The van der Waals surface area contributed by atoms with E-state index in [-0.39, 0.29) is 5.82 Å². The van der Waals surface area contributed by atoms with Gasteiger partial charge in [0.05, 0.1) is 17.4 Å². The minimum absolute atomic E-state index is 0.149. The van der Waals surface area contributed by atoms with E-state index in [4.69, 9.17) is 0 Å². The van der Waals surface area contributed by atoms with Crippen LogP contribution >= 0.6 is 0 Å². The molecular weight excluding hydrogens is 253 g/mol. The highest BCUT2D eigenvalue weighted by Gasteiger charge is 2.06. The first-order valence-corrected chi connectivity index (χ1v) is 6.65. The molecular formula is C16H16FN3. The molecule has 0 bridgehead atoms. The van der Waals surface area contributed by atoms with Crippen LogP contribution in [0.15, 0.2) is 48.8 Å². The number of nitrogens with zero attached hydrogens (tertiary/aromatic N) is 2. The third kappa shape index (κ3) is 2.37. The molecule has 0 aliphatic heterocycles. The molecule has 3 aromatic rings. The second-order valence-electron chi connectivity index (χ2n) is 4.73. The van der Waals surface area contributed by atoms with Gasteiger partial charge in [-0.3, -0.25) is 0 Å². The number of hydrogen-bond acceptors (Lipinski definition) is 2. The number of fused-ring (bicyclic) bond motifs is 1. The molecule has 0 unspecified atom stereocenters. The predicted molar refractivity (Wildman–Crippen MR) is 78.5 cm³/mol. The van der Waals surface area contributed by atoms with Crippen LogP contribution in [0, 0.1) is 5.82 Å². The fourth-order valence-electron chi connectivity index (χ4n) is 2.32. The van der Waals surface area contributed by atoms with Crippen molar-refractivity contribution in [3.05, 3.63) is 66.0 Å². The van der Waals surface area contributed by atoms with Crippen LogP contribution < -0.4 is 5.32 Å². The van der Waals surface area contributed by atoms with E-state index in [2.05, 4.69) is 10.3 Å². The Kier molecular flexibility index (Phi) is 3.37. The maximum absolute atomic E-state index is 13.6. The van der Waals surface area contributed by atoms with Gasteiger partial charge in [0.25, 0.3) is 0 Å². The third-order valence-corrected chi connectivity index (χ3v) is 3.47. The molecule has 0 amide bonds. The van der Waals surface area contributed by atoms with Crippen LogP contribution in [0.1, 0.15) is 11.4 Å². The van der Waals surface area contributed by atoms with Crippen LogP contribution in [0.5, 0.6) is 0 Å². The lowest BCUT2D eigenvalue weighted by Gasteiger charge is -2.05. The number of benzene rings is 1. The van der Waals surface area contributed by atoms with E-state index < -0.39 is 0 Å². The summed E-state index contributed by atoms with van der Waals surface area (Å²) < 4.78 is 15.7. The highest BCUT2D eigenvalue weighted by atomic mass is 19.1. The molecule has 0 radical (unpaired) electrons. The van der Waals surface area contributed by atoms with Gasteiger partial charge >= 0.3 is 0 Å². The summed E-state index contributed by atoms with van der Waals surface area (Å²) in [6.07, 6.45) is 5.22. The van der Waals surface area contributed by atoms with Gasteiger partial charge in [-0.05, 0) is 30.2 Å². The van der Waals surface area contributed by atoms with E-state index in [1.54, 1.807) is 6.07 Å². The summed E-state index contributed by atoms with van der Waals surface area (Å²) in [5, 5.41) is 3.11. The molecule has 0 atom stereocenters. The maximum atomic E-state index is 13.6. The van der Waals surface area contributed by atoms with E-state index in [0.717, 1.165) is 22.6 Å². The van der Waals surface area contributed by atoms with Crippen LogP contribution in [0.25, 0.3) is 5.52 Å². The van der Waals surface area contributed by atoms with Crippen LogP contribution in [-0.2, 0) is 12.8 Å². The molecule has 0 aliphatic carbocycles. The van der Waals surface area contributed by atoms with Crippen molar-refractivity contribution in [2.75, 3.05) is 12.4 Å². The summed E-state index contributed by atoms with van der Waals surface area (Å²) in [6.45, 7) is 0. The van der Waals surface area contributed by atoms with Gasteiger partial charge in [0.2, 0.25) is 0 Å². The van der Waals surface area contributed by atoms with Crippen molar-refractivity contribution in [3.63, 3.8) is 0 Å². The number of hydrogen-bond donors (Lipinski definition) is 1. The molecule has 1 N–H and O–H groups in total. The molecule has 20 heavy (non-hydrogen) atoms. The Morgan fingerprint density at radius 2 is 2.00 bits per heavy atom. The van der Waals surface area contributed by atoms with E-state index in [9.17, 15) is 4.39 Å². The number of nitrogens with one attached hydrogen (secondary N) is 1. The fraction of sp³-hybridized carbons (Fsp3) is 0.188. The summed E-state index contributed by atoms with van der Waals surface area (Å²) in [7, 11) is 1.89. The van der Waals surface area contributed by atoms with Gasteiger partial charge in [-0.25, -0.2) is 9.37 Å². The molecule has 0 saturated carbocycles. The number of aromatic nitrogens is 2. The number of pyridine rings is 1. The summed E-state index contributed by atoms with van der Waals surface area (Å²) in [5.41, 5.74) is 2.81. The van der Waals surface area contributed by atoms with Crippen molar-refractivity contribution in [2.24, 2.45) is 0 Å². The lowest BCUT2D eigenvalue weighted by Crippen LogP contribution is -2.00. The van der Waals surface area contributed by atoms with Gasteiger partial charge in [0.15, 0.2) is 0 Å².